The highest BCUT2D eigenvalue weighted by Crippen LogP contribution is 2.22. The fourth-order valence-corrected chi connectivity index (χ4v) is 2.06. The number of hydrogen-bond acceptors (Lipinski definition) is 3. The van der Waals surface area contributed by atoms with Gasteiger partial charge in [0.05, 0.1) is 6.61 Å². The third-order valence-electron chi connectivity index (χ3n) is 1.71. The lowest BCUT2D eigenvalue weighted by atomic mass is 10.2. The van der Waals surface area contributed by atoms with Crippen molar-refractivity contribution in [3.63, 3.8) is 0 Å². The molecule has 3 heteroatoms. The summed E-state index contributed by atoms with van der Waals surface area (Å²) >= 11 is 1.46. The molecule has 0 aromatic carbocycles. The van der Waals surface area contributed by atoms with Gasteiger partial charge >= 0.3 is 0 Å². The second kappa shape index (κ2) is 4.78. The fraction of sp³-hybridized carbons (Fsp3) is 0.875. The average Bonchev–Trinajstić information content (AvgIpc) is 2.06. The van der Waals surface area contributed by atoms with E-state index in [0.717, 1.165) is 26.1 Å². The first-order valence-corrected chi connectivity index (χ1v) is 4.98. The standard InChI is InChI=1S/C8H14O2S/c1-2-8(9)11-7-4-3-5-10-6-7/h7H,2-6H2,1H3. The summed E-state index contributed by atoms with van der Waals surface area (Å²) in [6.45, 7) is 3.53. The normalized spacial score (nSPS) is 25.0. The third kappa shape index (κ3) is 3.25. The van der Waals surface area contributed by atoms with Gasteiger partial charge in [-0.1, -0.05) is 18.7 Å². The summed E-state index contributed by atoms with van der Waals surface area (Å²) in [4.78, 5) is 11.0. The predicted octanol–water partition coefficient (Wildman–Crippen LogP) is 1.84. The summed E-state index contributed by atoms with van der Waals surface area (Å²) in [5.74, 6) is 0. The number of carbonyl (C=O) groups is 1. The minimum atomic E-state index is 0.292. The van der Waals surface area contributed by atoms with Gasteiger partial charge in [0.15, 0.2) is 5.12 Å². The van der Waals surface area contributed by atoms with E-state index in [1.165, 1.54) is 11.8 Å². The highest BCUT2D eigenvalue weighted by Gasteiger charge is 2.16. The molecule has 1 aliphatic heterocycles. The molecular weight excluding hydrogens is 160 g/mol. The zero-order chi connectivity index (χ0) is 8.10. The van der Waals surface area contributed by atoms with Gasteiger partial charge in [0.2, 0.25) is 0 Å². The molecule has 1 rings (SSSR count). The minimum absolute atomic E-state index is 0.292. The minimum Gasteiger partial charge on any atom is -0.380 e. The molecule has 0 aromatic heterocycles. The molecule has 1 unspecified atom stereocenters. The van der Waals surface area contributed by atoms with Crippen LogP contribution in [-0.2, 0) is 9.53 Å². The zero-order valence-electron chi connectivity index (χ0n) is 6.84. The fourth-order valence-electron chi connectivity index (χ4n) is 1.07. The van der Waals surface area contributed by atoms with E-state index in [4.69, 9.17) is 4.74 Å². The van der Waals surface area contributed by atoms with Gasteiger partial charge in [-0.05, 0) is 12.8 Å². The Morgan fingerprint density at radius 1 is 1.73 bits per heavy atom. The summed E-state index contributed by atoms with van der Waals surface area (Å²) in [5.41, 5.74) is 0. The maximum atomic E-state index is 11.0. The Labute approximate surface area is 71.7 Å². The van der Waals surface area contributed by atoms with E-state index in [1.807, 2.05) is 6.92 Å². The van der Waals surface area contributed by atoms with Crippen LogP contribution in [0.5, 0.6) is 0 Å². The van der Waals surface area contributed by atoms with Crippen molar-refractivity contribution in [2.75, 3.05) is 13.2 Å². The molecular formula is C8H14O2S. The van der Waals surface area contributed by atoms with Crippen molar-refractivity contribution in [3.8, 4) is 0 Å². The monoisotopic (exact) mass is 174 g/mol. The van der Waals surface area contributed by atoms with E-state index < -0.39 is 0 Å². The van der Waals surface area contributed by atoms with Gasteiger partial charge < -0.3 is 4.74 Å². The van der Waals surface area contributed by atoms with Gasteiger partial charge in [-0.15, -0.1) is 0 Å². The third-order valence-corrected chi connectivity index (χ3v) is 2.96. The maximum absolute atomic E-state index is 11.0. The molecule has 1 atom stereocenters. The summed E-state index contributed by atoms with van der Waals surface area (Å²) in [6.07, 6.45) is 2.88. The van der Waals surface area contributed by atoms with Crippen LogP contribution in [0.15, 0.2) is 0 Å². The molecule has 1 heterocycles. The topological polar surface area (TPSA) is 26.3 Å². The van der Waals surface area contributed by atoms with E-state index in [-0.39, 0.29) is 0 Å². The summed E-state index contributed by atoms with van der Waals surface area (Å²) in [6, 6.07) is 0. The quantitative estimate of drug-likeness (QED) is 0.639. The van der Waals surface area contributed by atoms with Crippen molar-refractivity contribution in [3.05, 3.63) is 0 Å². The molecule has 0 N–H and O–H groups in total. The summed E-state index contributed by atoms with van der Waals surface area (Å²) in [7, 11) is 0. The average molecular weight is 174 g/mol. The molecule has 11 heavy (non-hydrogen) atoms. The van der Waals surface area contributed by atoms with Crippen LogP contribution >= 0.6 is 11.8 Å². The largest absolute Gasteiger partial charge is 0.380 e. The first-order chi connectivity index (χ1) is 5.33. The maximum Gasteiger partial charge on any atom is 0.189 e. The van der Waals surface area contributed by atoms with Crippen molar-refractivity contribution in [2.45, 2.75) is 31.4 Å². The van der Waals surface area contributed by atoms with Crippen molar-refractivity contribution in [1.82, 2.24) is 0 Å². The Hall–Kier alpha value is -0.0200. The van der Waals surface area contributed by atoms with Gasteiger partial charge in [-0.25, -0.2) is 0 Å². The van der Waals surface area contributed by atoms with Gasteiger partial charge in [0.25, 0.3) is 0 Å². The van der Waals surface area contributed by atoms with Crippen molar-refractivity contribution in [2.24, 2.45) is 0 Å². The van der Waals surface area contributed by atoms with Crippen LogP contribution in [0.1, 0.15) is 26.2 Å². The molecule has 1 fully saturated rings. The Morgan fingerprint density at radius 2 is 2.55 bits per heavy atom. The lowest BCUT2D eigenvalue weighted by Crippen LogP contribution is -2.20. The molecule has 0 aromatic rings. The smallest absolute Gasteiger partial charge is 0.189 e. The molecule has 1 aliphatic rings. The summed E-state index contributed by atoms with van der Waals surface area (Å²) < 4.78 is 5.25. The van der Waals surface area contributed by atoms with Gasteiger partial charge in [-0.3, -0.25) is 4.79 Å². The molecule has 0 aliphatic carbocycles. The predicted molar refractivity (Wildman–Crippen MR) is 46.7 cm³/mol. The van der Waals surface area contributed by atoms with Gasteiger partial charge in [0, 0.05) is 18.3 Å². The molecule has 0 amide bonds. The number of rotatable bonds is 2. The molecule has 0 saturated carbocycles. The Morgan fingerprint density at radius 3 is 3.09 bits per heavy atom. The molecule has 0 spiro atoms. The van der Waals surface area contributed by atoms with Crippen molar-refractivity contribution in [1.29, 1.82) is 0 Å². The van der Waals surface area contributed by atoms with E-state index in [0.29, 0.717) is 16.8 Å². The lowest BCUT2D eigenvalue weighted by Gasteiger charge is -2.20. The second-order valence-corrected chi connectivity index (χ2v) is 4.04. The number of carbonyl (C=O) groups excluding carboxylic acids is 1. The van der Waals surface area contributed by atoms with E-state index >= 15 is 0 Å². The van der Waals surface area contributed by atoms with Crippen LogP contribution in [0.2, 0.25) is 0 Å². The van der Waals surface area contributed by atoms with Gasteiger partial charge in [-0.2, -0.15) is 0 Å². The van der Waals surface area contributed by atoms with Crippen LogP contribution in [0.3, 0.4) is 0 Å². The van der Waals surface area contributed by atoms with E-state index in [2.05, 4.69) is 0 Å². The Bertz CT molecular complexity index is 130. The van der Waals surface area contributed by atoms with Crippen LogP contribution in [0.25, 0.3) is 0 Å². The van der Waals surface area contributed by atoms with E-state index in [1.54, 1.807) is 0 Å². The highest BCUT2D eigenvalue weighted by molar-refractivity contribution is 8.14. The Balaban J connectivity index is 2.19. The van der Waals surface area contributed by atoms with Crippen LogP contribution in [0, 0.1) is 0 Å². The lowest BCUT2D eigenvalue weighted by molar-refractivity contribution is -0.110. The van der Waals surface area contributed by atoms with E-state index in [9.17, 15) is 4.79 Å². The zero-order valence-corrected chi connectivity index (χ0v) is 7.65. The number of hydrogen-bond donors (Lipinski definition) is 0. The van der Waals surface area contributed by atoms with Crippen LogP contribution in [0.4, 0.5) is 0 Å². The van der Waals surface area contributed by atoms with Crippen molar-refractivity contribution >= 4 is 16.9 Å². The van der Waals surface area contributed by atoms with Crippen molar-refractivity contribution < 1.29 is 9.53 Å². The molecule has 2 nitrogen and oxygen atoms in total. The molecule has 1 saturated heterocycles. The Kier molecular flexibility index (Phi) is 3.94. The molecule has 0 radical (unpaired) electrons. The second-order valence-electron chi connectivity index (χ2n) is 2.68. The molecule has 0 bridgehead atoms. The first-order valence-electron chi connectivity index (χ1n) is 4.10. The van der Waals surface area contributed by atoms with Crippen LogP contribution < -0.4 is 0 Å². The highest BCUT2D eigenvalue weighted by atomic mass is 32.2. The van der Waals surface area contributed by atoms with Crippen LogP contribution in [-0.4, -0.2) is 23.6 Å². The number of thioether (sulfide) groups is 1. The first kappa shape index (κ1) is 9.07. The number of ether oxygens (including phenoxy) is 1. The summed E-state index contributed by atoms with van der Waals surface area (Å²) in [5, 5.41) is 0.719. The SMILES string of the molecule is CCC(=O)SC1CCCOC1. The van der Waals surface area contributed by atoms with Gasteiger partial charge in [0.1, 0.15) is 0 Å². The molecule has 64 valence electrons.